The van der Waals surface area contributed by atoms with Crippen molar-refractivity contribution in [1.82, 2.24) is 4.90 Å². The van der Waals surface area contributed by atoms with Crippen LogP contribution in [0.1, 0.15) is 19.8 Å². The molecule has 1 aliphatic rings. The number of likely N-dealkylation sites (tertiary alicyclic amines) is 1. The molecule has 0 aromatic heterocycles. The maximum Gasteiger partial charge on any atom is 0.311 e. The summed E-state index contributed by atoms with van der Waals surface area (Å²) in [5, 5.41) is 9.24. The highest BCUT2D eigenvalue weighted by atomic mass is 32.2. The van der Waals surface area contributed by atoms with Gasteiger partial charge in [0.1, 0.15) is 0 Å². The molecule has 0 saturated carbocycles. The van der Waals surface area contributed by atoms with E-state index in [1.54, 1.807) is 6.92 Å². The molecule has 1 aromatic carbocycles. The number of piperidine rings is 1. The first-order valence-electron chi connectivity index (χ1n) is 6.91. The second-order valence-electron chi connectivity index (χ2n) is 5.65. The molecule has 4 nitrogen and oxygen atoms in total. The molecule has 1 unspecified atom stereocenters. The van der Waals surface area contributed by atoms with Gasteiger partial charge in [-0.3, -0.25) is 9.59 Å². The van der Waals surface area contributed by atoms with Crippen molar-refractivity contribution >= 4 is 23.6 Å². The van der Waals surface area contributed by atoms with Crippen LogP contribution in [0, 0.1) is 17.0 Å². The van der Waals surface area contributed by atoms with Crippen LogP contribution in [0.3, 0.4) is 0 Å². The summed E-state index contributed by atoms with van der Waals surface area (Å²) in [5.74, 6) is -2.90. The minimum atomic E-state index is -0.950. The van der Waals surface area contributed by atoms with Crippen LogP contribution in [0.5, 0.6) is 0 Å². The van der Waals surface area contributed by atoms with Crippen molar-refractivity contribution in [2.45, 2.75) is 24.7 Å². The molecular formula is C15H17F2NO3S. The number of benzene rings is 1. The Morgan fingerprint density at radius 1 is 1.36 bits per heavy atom. The van der Waals surface area contributed by atoms with Crippen molar-refractivity contribution in [2.24, 2.45) is 5.41 Å². The molecule has 0 spiro atoms. The highest BCUT2D eigenvalue weighted by Gasteiger charge is 2.39. The van der Waals surface area contributed by atoms with Crippen molar-refractivity contribution in [1.29, 1.82) is 0 Å². The predicted octanol–water partition coefficient (Wildman–Crippen LogP) is 2.77. The number of aliphatic carboxylic acids is 1. The van der Waals surface area contributed by atoms with Gasteiger partial charge in [0.15, 0.2) is 11.6 Å². The van der Waals surface area contributed by atoms with E-state index in [0.717, 1.165) is 23.9 Å². The van der Waals surface area contributed by atoms with Crippen LogP contribution in [0.4, 0.5) is 8.78 Å². The summed E-state index contributed by atoms with van der Waals surface area (Å²) in [6.45, 7) is 2.34. The molecule has 0 radical (unpaired) electrons. The average molecular weight is 329 g/mol. The molecule has 7 heteroatoms. The maximum absolute atomic E-state index is 13.1. The van der Waals surface area contributed by atoms with Gasteiger partial charge in [-0.2, -0.15) is 0 Å². The number of carboxylic acids is 1. The molecule has 2 rings (SSSR count). The molecule has 1 N–H and O–H groups in total. The highest BCUT2D eigenvalue weighted by molar-refractivity contribution is 8.00. The Balaban J connectivity index is 1.94. The van der Waals surface area contributed by atoms with Gasteiger partial charge in [-0.1, -0.05) is 0 Å². The number of hydrogen-bond donors (Lipinski definition) is 1. The number of amides is 1. The van der Waals surface area contributed by atoms with E-state index in [2.05, 4.69) is 0 Å². The first-order chi connectivity index (χ1) is 10.3. The fraction of sp³-hybridized carbons (Fsp3) is 0.467. The monoisotopic (exact) mass is 329 g/mol. The second kappa shape index (κ2) is 6.64. The molecule has 1 amide bonds. The highest BCUT2D eigenvalue weighted by Crippen LogP contribution is 2.30. The van der Waals surface area contributed by atoms with E-state index < -0.39 is 23.0 Å². The van der Waals surface area contributed by atoms with Crippen LogP contribution in [-0.2, 0) is 9.59 Å². The third-order valence-electron chi connectivity index (χ3n) is 3.82. The number of halogens is 2. The third kappa shape index (κ3) is 3.76. The predicted molar refractivity (Wildman–Crippen MR) is 78.6 cm³/mol. The maximum atomic E-state index is 13.1. The van der Waals surface area contributed by atoms with Gasteiger partial charge in [0, 0.05) is 18.0 Å². The Bertz CT molecular complexity index is 596. The smallest absolute Gasteiger partial charge is 0.311 e. The van der Waals surface area contributed by atoms with Gasteiger partial charge in [-0.05, 0) is 38.0 Å². The van der Waals surface area contributed by atoms with Crippen molar-refractivity contribution < 1.29 is 23.5 Å². The number of carbonyl (C=O) groups is 2. The summed E-state index contributed by atoms with van der Waals surface area (Å²) in [4.78, 5) is 25.4. The number of carboxylic acid groups (broad SMARTS) is 1. The largest absolute Gasteiger partial charge is 0.481 e. The summed E-state index contributed by atoms with van der Waals surface area (Å²) < 4.78 is 25.9. The van der Waals surface area contributed by atoms with E-state index in [4.69, 9.17) is 0 Å². The van der Waals surface area contributed by atoms with Crippen molar-refractivity contribution in [3.05, 3.63) is 29.8 Å². The van der Waals surface area contributed by atoms with E-state index in [9.17, 15) is 23.5 Å². The molecule has 1 aliphatic heterocycles. The van der Waals surface area contributed by atoms with Gasteiger partial charge in [0.05, 0.1) is 11.2 Å². The van der Waals surface area contributed by atoms with Gasteiger partial charge < -0.3 is 10.0 Å². The number of nitrogens with zero attached hydrogens (tertiary/aromatic N) is 1. The fourth-order valence-electron chi connectivity index (χ4n) is 2.43. The van der Waals surface area contributed by atoms with Gasteiger partial charge in [-0.25, -0.2) is 8.78 Å². The summed E-state index contributed by atoms with van der Waals surface area (Å²) in [6, 6.07) is 3.48. The Labute approximate surface area is 131 Å². The molecule has 22 heavy (non-hydrogen) atoms. The van der Waals surface area contributed by atoms with Crippen LogP contribution in [-0.4, -0.2) is 40.7 Å². The number of carbonyl (C=O) groups excluding carboxylic acids is 1. The van der Waals surface area contributed by atoms with Crippen LogP contribution in [0.15, 0.2) is 23.1 Å². The first-order valence-corrected chi connectivity index (χ1v) is 7.89. The lowest BCUT2D eigenvalue weighted by Gasteiger charge is -2.37. The standard InChI is InChI=1S/C15H17F2NO3S/c1-15(14(20)21)5-2-6-18(9-15)13(19)8-22-10-3-4-11(16)12(17)7-10/h3-4,7H,2,5-6,8-9H2,1H3,(H,20,21). The zero-order valence-corrected chi connectivity index (χ0v) is 13.0. The second-order valence-corrected chi connectivity index (χ2v) is 6.70. The lowest BCUT2D eigenvalue weighted by molar-refractivity contribution is -0.153. The molecule has 0 bridgehead atoms. The van der Waals surface area contributed by atoms with E-state index in [1.165, 1.54) is 11.0 Å². The van der Waals surface area contributed by atoms with E-state index >= 15 is 0 Å². The summed E-state index contributed by atoms with van der Waals surface area (Å²) in [5.41, 5.74) is -0.916. The molecule has 120 valence electrons. The molecule has 1 fully saturated rings. The lowest BCUT2D eigenvalue weighted by atomic mass is 9.82. The van der Waals surface area contributed by atoms with Crippen molar-refractivity contribution in [2.75, 3.05) is 18.8 Å². The molecule has 1 aromatic rings. The normalized spacial score (nSPS) is 21.7. The molecule has 1 atom stereocenters. The first kappa shape index (κ1) is 16.7. The molecule has 0 aliphatic carbocycles. The number of thioether (sulfide) groups is 1. The van der Waals surface area contributed by atoms with Crippen molar-refractivity contribution in [3.63, 3.8) is 0 Å². The van der Waals surface area contributed by atoms with E-state index in [1.807, 2.05) is 0 Å². The minimum absolute atomic E-state index is 0.0702. The van der Waals surface area contributed by atoms with E-state index in [0.29, 0.717) is 24.3 Å². The Morgan fingerprint density at radius 2 is 2.09 bits per heavy atom. The third-order valence-corrected chi connectivity index (χ3v) is 4.80. The topological polar surface area (TPSA) is 57.6 Å². The lowest BCUT2D eigenvalue weighted by Crippen LogP contribution is -2.48. The molecule has 1 heterocycles. The zero-order valence-electron chi connectivity index (χ0n) is 12.1. The molecule has 1 saturated heterocycles. The number of hydrogen-bond acceptors (Lipinski definition) is 3. The SMILES string of the molecule is CC1(C(=O)O)CCCN(C(=O)CSc2ccc(F)c(F)c2)C1. The summed E-state index contributed by atoms with van der Waals surface area (Å²) >= 11 is 1.11. The van der Waals surface area contributed by atoms with Crippen LogP contribution >= 0.6 is 11.8 Å². The average Bonchev–Trinajstić information content (AvgIpc) is 2.48. The van der Waals surface area contributed by atoms with Gasteiger partial charge in [0.2, 0.25) is 5.91 Å². The quantitative estimate of drug-likeness (QED) is 0.863. The minimum Gasteiger partial charge on any atom is -0.481 e. The fourth-order valence-corrected chi connectivity index (χ4v) is 3.25. The summed E-state index contributed by atoms with van der Waals surface area (Å²) in [6.07, 6.45) is 1.19. The zero-order chi connectivity index (χ0) is 16.3. The van der Waals surface area contributed by atoms with Crippen LogP contribution < -0.4 is 0 Å². The Morgan fingerprint density at radius 3 is 2.73 bits per heavy atom. The van der Waals surface area contributed by atoms with Gasteiger partial charge >= 0.3 is 5.97 Å². The van der Waals surface area contributed by atoms with Gasteiger partial charge in [0.25, 0.3) is 0 Å². The van der Waals surface area contributed by atoms with E-state index in [-0.39, 0.29) is 18.2 Å². The van der Waals surface area contributed by atoms with Crippen LogP contribution in [0.2, 0.25) is 0 Å². The van der Waals surface area contributed by atoms with Crippen molar-refractivity contribution in [3.8, 4) is 0 Å². The summed E-state index contributed by atoms with van der Waals surface area (Å²) in [7, 11) is 0. The van der Waals surface area contributed by atoms with Gasteiger partial charge in [-0.15, -0.1) is 11.8 Å². The Hall–Kier alpha value is -1.63. The Kier molecular flexibility index (Phi) is 5.05. The number of rotatable bonds is 4. The molecular weight excluding hydrogens is 312 g/mol. The van der Waals surface area contributed by atoms with Crippen LogP contribution in [0.25, 0.3) is 0 Å².